The third-order valence-electron chi connectivity index (χ3n) is 3.41. The molecule has 0 aliphatic heterocycles. The van der Waals surface area contributed by atoms with Crippen LogP contribution in [-0.4, -0.2) is 40.1 Å². The van der Waals surface area contributed by atoms with Gasteiger partial charge in [-0.3, -0.25) is 0 Å². The molecule has 1 aromatic carbocycles. The lowest BCUT2D eigenvalue weighted by atomic mass is 10.2. The van der Waals surface area contributed by atoms with E-state index < -0.39 is 10.0 Å². The number of hydrogen-bond donors (Lipinski definition) is 2. The van der Waals surface area contributed by atoms with Crippen molar-refractivity contribution in [1.82, 2.24) is 10.0 Å². The topological polar surface area (TPSA) is 84.5 Å². The Morgan fingerprint density at radius 3 is 2.64 bits per heavy atom. The Morgan fingerprint density at radius 1 is 1.28 bits per heavy atom. The fraction of sp³-hybridized carbons (Fsp3) is 0.438. The number of esters is 1. The van der Waals surface area contributed by atoms with Gasteiger partial charge in [0.25, 0.3) is 0 Å². The third kappa shape index (κ3) is 5.65. The first-order valence-electron chi connectivity index (χ1n) is 7.81. The second kappa shape index (κ2) is 9.49. The zero-order valence-corrected chi connectivity index (χ0v) is 16.8. The maximum atomic E-state index is 12.4. The van der Waals surface area contributed by atoms with Crippen molar-refractivity contribution < 1.29 is 17.9 Å². The zero-order chi connectivity index (χ0) is 17.7. The minimum atomic E-state index is -3.59. The molecule has 25 heavy (non-hydrogen) atoms. The van der Waals surface area contributed by atoms with E-state index in [1.807, 2.05) is 13.8 Å². The molecule has 0 radical (unpaired) electrons. The van der Waals surface area contributed by atoms with Crippen molar-refractivity contribution in [2.24, 2.45) is 0 Å². The van der Waals surface area contributed by atoms with Crippen molar-refractivity contribution in [3.8, 4) is 0 Å². The van der Waals surface area contributed by atoms with Crippen molar-refractivity contribution in [2.75, 3.05) is 19.7 Å². The summed E-state index contributed by atoms with van der Waals surface area (Å²) in [5, 5.41) is 3.86. The van der Waals surface area contributed by atoms with Gasteiger partial charge in [-0.2, -0.15) is 0 Å². The van der Waals surface area contributed by atoms with Gasteiger partial charge in [-0.05, 0) is 50.0 Å². The van der Waals surface area contributed by atoms with Crippen LogP contribution in [0.25, 0.3) is 10.1 Å². The van der Waals surface area contributed by atoms with Crippen LogP contribution in [-0.2, 0) is 14.8 Å². The van der Waals surface area contributed by atoms with Gasteiger partial charge in [-0.15, -0.1) is 23.7 Å². The highest BCUT2D eigenvalue weighted by Crippen LogP contribution is 2.28. The largest absolute Gasteiger partial charge is 0.462 e. The van der Waals surface area contributed by atoms with Gasteiger partial charge < -0.3 is 10.1 Å². The standard InChI is InChI=1S/C16H22N2O4S2.ClH/c1-4-17-11(3)10-18-24(20,21)13-6-7-14-12(8-13)9-15(23-14)16(19)22-5-2;/h6-9,11,17-18H,4-5,10H2,1-3H3;1H/t11-;/m1./s1. The van der Waals surface area contributed by atoms with Gasteiger partial charge in [0.1, 0.15) is 4.88 Å². The summed E-state index contributed by atoms with van der Waals surface area (Å²) in [6.45, 7) is 7.03. The fourth-order valence-electron chi connectivity index (χ4n) is 2.23. The number of carbonyl (C=O) groups is 1. The number of likely N-dealkylation sites (N-methyl/N-ethyl adjacent to an activating group) is 1. The van der Waals surface area contributed by atoms with Crippen molar-refractivity contribution in [1.29, 1.82) is 0 Å². The number of thiophene rings is 1. The highest BCUT2D eigenvalue weighted by molar-refractivity contribution is 7.89. The number of carbonyl (C=O) groups excluding carboxylic acids is 1. The highest BCUT2D eigenvalue weighted by atomic mass is 35.5. The average molecular weight is 407 g/mol. The smallest absolute Gasteiger partial charge is 0.348 e. The van der Waals surface area contributed by atoms with Gasteiger partial charge in [0.2, 0.25) is 10.0 Å². The molecule has 140 valence electrons. The van der Waals surface area contributed by atoms with Crippen LogP contribution in [0.5, 0.6) is 0 Å². The molecular weight excluding hydrogens is 384 g/mol. The van der Waals surface area contributed by atoms with Gasteiger partial charge in [0, 0.05) is 17.3 Å². The van der Waals surface area contributed by atoms with Crippen LogP contribution in [0.15, 0.2) is 29.2 Å². The number of rotatable bonds is 8. The Balaban J connectivity index is 0.00000312. The Morgan fingerprint density at radius 2 is 2.00 bits per heavy atom. The van der Waals surface area contributed by atoms with Crippen molar-refractivity contribution in [2.45, 2.75) is 31.7 Å². The van der Waals surface area contributed by atoms with Crippen LogP contribution >= 0.6 is 23.7 Å². The van der Waals surface area contributed by atoms with Gasteiger partial charge in [0.05, 0.1) is 11.5 Å². The van der Waals surface area contributed by atoms with E-state index in [4.69, 9.17) is 4.74 Å². The number of hydrogen-bond acceptors (Lipinski definition) is 6. The van der Waals surface area contributed by atoms with E-state index in [0.29, 0.717) is 23.4 Å². The van der Waals surface area contributed by atoms with E-state index in [9.17, 15) is 13.2 Å². The second-order valence-electron chi connectivity index (χ2n) is 5.34. The Kier molecular flexibility index (Phi) is 8.30. The SMILES string of the molecule is CCN[C@H](C)CNS(=O)(=O)c1ccc2sc(C(=O)OCC)cc2c1.Cl. The first-order chi connectivity index (χ1) is 11.4. The van der Waals surface area contributed by atoms with E-state index >= 15 is 0 Å². The van der Waals surface area contributed by atoms with E-state index in [1.54, 1.807) is 31.2 Å². The van der Waals surface area contributed by atoms with Gasteiger partial charge >= 0.3 is 5.97 Å². The van der Waals surface area contributed by atoms with Crippen molar-refractivity contribution >= 4 is 49.8 Å². The number of fused-ring (bicyclic) bond motifs is 1. The molecule has 0 spiro atoms. The molecule has 1 aromatic heterocycles. The quantitative estimate of drug-likeness (QED) is 0.658. The van der Waals surface area contributed by atoms with Crippen LogP contribution in [0.2, 0.25) is 0 Å². The number of nitrogens with one attached hydrogen (secondary N) is 2. The molecule has 6 nitrogen and oxygen atoms in total. The van der Waals surface area contributed by atoms with Crippen molar-refractivity contribution in [3.63, 3.8) is 0 Å². The molecule has 1 heterocycles. The van der Waals surface area contributed by atoms with Crippen LogP contribution in [0, 0.1) is 0 Å². The molecule has 1 atom stereocenters. The normalized spacial score (nSPS) is 12.6. The predicted octanol–water partition coefficient (Wildman–Crippen LogP) is 2.78. The summed E-state index contributed by atoms with van der Waals surface area (Å²) in [6.07, 6.45) is 0. The molecule has 0 amide bonds. The third-order valence-corrected chi connectivity index (χ3v) is 5.92. The lowest BCUT2D eigenvalue weighted by molar-refractivity contribution is 0.0532. The predicted molar refractivity (Wildman–Crippen MR) is 103 cm³/mol. The molecule has 0 unspecified atom stereocenters. The molecular formula is C16H23ClN2O4S2. The molecule has 2 aromatic rings. The lowest BCUT2D eigenvalue weighted by Crippen LogP contribution is -2.38. The van der Waals surface area contributed by atoms with Crippen LogP contribution < -0.4 is 10.0 Å². The molecule has 0 saturated heterocycles. The summed E-state index contributed by atoms with van der Waals surface area (Å²) in [5.41, 5.74) is 0. The molecule has 0 aliphatic carbocycles. The second-order valence-corrected chi connectivity index (χ2v) is 8.19. The summed E-state index contributed by atoms with van der Waals surface area (Å²) in [7, 11) is -3.59. The maximum absolute atomic E-state index is 12.4. The highest BCUT2D eigenvalue weighted by Gasteiger charge is 2.17. The van der Waals surface area contributed by atoms with Gasteiger partial charge in [-0.25, -0.2) is 17.9 Å². The fourth-order valence-corrected chi connectivity index (χ4v) is 4.33. The Labute approximate surface area is 158 Å². The molecule has 2 rings (SSSR count). The monoisotopic (exact) mass is 406 g/mol. The Bertz CT molecular complexity index is 821. The van der Waals surface area contributed by atoms with Crippen LogP contribution in [0.1, 0.15) is 30.4 Å². The van der Waals surface area contributed by atoms with Crippen LogP contribution in [0.3, 0.4) is 0 Å². The summed E-state index contributed by atoms with van der Waals surface area (Å²) < 4.78 is 33.2. The first kappa shape index (κ1) is 21.9. The van der Waals surface area contributed by atoms with Gasteiger partial charge in [0.15, 0.2) is 0 Å². The number of halogens is 1. The molecule has 2 N–H and O–H groups in total. The summed E-state index contributed by atoms with van der Waals surface area (Å²) >= 11 is 1.29. The molecule has 9 heteroatoms. The number of ether oxygens (including phenoxy) is 1. The van der Waals surface area contributed by atoms with E-state index in [0.717, 1.165) is 11.2 Å². The molecule has 0 saturated carbocycles. The molecule has 0 bridgehead atoms. The van der Waals surface area contributed by atoms with Crippen molar-refractivity contribution in [3.05, 3.63) is 29.1 Å². The van der Waals surface area contributed by atoms with Crippen LogP contribution in [0.4, 0.5) is 0 Å². The minimum Gasteiger partial charge on any atom is -0.462 e. The molecule has 0 aliphatic rings. The summed E-state index contributed by atoms with van der Waals surface area (Å²) in [5.74, 6) is -0.388. The lowest BCUT2D eigenvalue weighted by Gasteiger charge is -2.13. The van der Waals surface area contributed by atoms with E-state index in [1.165, 1.54) is 11.3 Å². The minimum absolute atomic E-state index is 0. The van der Waals surface area contributed by atoms with E-state index in [-0.39, 0.29) is 29.3 Å². The zero-order valence-electron chi connectivity index (χ0n) is 14.4. The maximum Gasteiger partial charge on any atom is 0.348 e. The number of sulfonamides is 1. The van der Waals surface area contributed by atoms with E-state index in [2.05, 4.69) is 10.0 Å². The average Bonchev–Trinajstić information content (AvgIpc) is 2.97. The Hall–Kier alpha value is -1.19. The summed E-state index contributed by atoms with van der Waals surface area (Å²) in [4.78, 5) is 12.4. The van der Waals surface area contributed by atoms with Gasteiger partial charge in [-0.1, -0.05) is 6.92 Å². The number of benzene rings is 1. The summed E-state index contributed by atoms with van der Waals surface area (Å²) in [6, 6.07) is 6.55. The first-order valence-corrected chi connectivity index (χ1v) is 10.1. The molecule has 0 fully saturated rings.